The maximum atomic E-state index is 15.4. The fraction of sp³-hybridized carbons (Fsp3) is 0.360. The fourth-order valence-corrected chi connectivity index (χ4v) is 13.2. The third kappa shape index (κ3) is 16.6. The third-order valence-electron chi connectivity index (χ3n) is 18.4. The van der Waals surface area contributed by atoms with E-state index in [4.69, 9.17) is 21.4 Å². The lowest BCUT2D eigenvalue weighted by atomic mass is 10.0. The molecule has 2 aliphatic rings. The number of rotatable bonds is 29. The van der Waals surface area contributed by atoms with E-state index in [1.807, 2.05) is 147 Å². The zero-order chi connectivity index (χ0) is 68.7. The Morgan fingerprint density at radius 1 is 0.500 bits per heavy atom. The molecule has 0 bridgehead atoms. The molecule has 508 valence electrons. The SMILES string of the molecule is CCc1nc2cc3ccccc3cc2cc1C(=O)N[C@@H](CCn1cc(C[C@H](NC(=O)c2cc3cc4ccccc4cc3nc2CC)C(=O)N2CCC[C@H]2C(=O)N[C@@H](Cc2ccccc2)C(=O)NCCCN)nn1)C(=O)N1CCC[C@H]1C(=O)N[C@@H](Cc1ccccc1)C(=O)NCCCN. The van der Waals surface area contributed by atoms with Crippen molar-refractivity contribution in [1.29, 1.82) is 0 Å². The molecule has 0 saturated carbocycles. The predicted octanol–water partition coefficient (Wildman–Crippen LogP) is 5.70. The quantitative estimate of drug-likeness (QED) is 0.0206. The summed E-state index contributed by atoms with van der Waals surface area (Å²) in [4.78, 5) is 130. The number of aryl methyl sites for hydroxylation is 3. The van der Waals surface area contributed by atoms with Crippen LogP contribution in [-0.4, -0.2) is 158 Å². The fourth-order valence-electron chi connectivity index (χ4n) is 13.2. The van der Waals surface area contributed by atoms with Gasteiger partial charge >= 0.3 is 0 Å². The molecule has 6 atom stereocenters. The van der Waals surface area contributed by atoms with Crippen molar-refractivity contribution in [3.8, 4) is 0 Å². The van der Waals surface area contributed by atoms with Gasteiger partial charge in [-0.2, -0.15) is 0 Å². The molecule has 2 saturated heterocycles. The lowest BCUT2D eigenvalue weighted by molar-refractivity contribution is -0.141. The van der Waals surface area contributed by atoms with Gasteiger partial charge in [-0.1, -0.05) is 128 Å². The van der Waals surface area contributed by atoms with Crippen LogP contribution in [0.4, 0.5) is 0 Å². The maximum absolute atomic E-state index is 15.4. The van der Waals surface area contributed by atoms with Crippen LogP contribution in [0, 0.1) is 0 Å². The van der Waals surface area contributed by atoms with E-state index in [0.717, 1.165) is 43.4 Å². The lowest BCUT2D eigenvalue weighted by Gasteiger charge is -2.30. The van der Waals surface area contributed by atoms with Crippen LogP contribution in [0.3, 0.4) is 0 Å². The summed E-state index contributed by atoms with van der Waals surface area (Å²) in [6.07, 6.45) is 5.16. The number of likely N-dealkylation sites (tertiary alicyclic amines) is 2. The van der Waals surface area contributed by atoms with Gasteiger partial charge in [-0.15, -0.1) is 5.10 Å². The molecule has 6 aromatic carbocycles. The van der Waals surface area contributed by atoms with Crippen LogP contribution in [0.1, 0.15) is 108 Å². The van der Waals surface area contributed by atoms with E-state index in [2.05, 4.69) is 42.2 Å². The molecule has 23 nitrogen and oxygen atoms in total. The number of nitrogens with one attached hydrogen (secondary N) is 6. The minimum absolute atomic E-state index is 0.000301. The van der Waals surface area contributed by atoms with E-state index in [-0.39, 0.29) is 68.0 Å². The molecule has 9 aromatic rings. The number of pyridine rings is 2. The molecule has 11 rings (SSSR count). The monoisotopic (exact) mass is 1320 g/mol. The highest BCUT2D eigenvalue weighted by Crippen LogP contribution is 2.28. The van der Waals surface area contributed by atoms with E-state index in [1.54, 1.807) is 18.3 Å². The molecule has 10 N–H and O–H groups in total. The smallest absolute Gasteiger partial charge is 0.253 e. The van der Waals surface area contributed by atoms with Crippen LogP contribution in [0.2, 0.25) is 0 Å². The molecule has 2 aliphatic heterocycles. The number of nitrogens with zero attached hydrogens (tertiary/aromatic N) is 7. The Morgan fingerprint density at radius 2 is 0.929 bits per heavy atom. The van der Waals surface area contributed by atoms with E-state index < -0.39 is 77.6 Å². The van der Waals surface area contributed by atoms with Crippen molar-refractivity contribution in [2.45, 2.75) is 134 Å². The summed E-state index contributed by atoms with van der Waals surface area (Å²) < 4.78 is 1.49. The molecular formula is C75H85N15O8. The average Bonchev–Trinajstić information content (AvgIpc) is 0.874. The van der Waals surface area contributed by atoms with Gasteiger partial charge in [0.15, 0.2) is 0 Å². The first kappa shape index (κ1) is 68.9. The van der Waals surface area contributed by atoms with Crippen molar-refractivity contribution in [2.24, 2.45) is 11.5 Å². The van der Waals surface area contributed by atoms with Crippen molar-refractivity contribution in [1.82, 2.24) is 66.7 Å². The molecule has 0 radical (unpaired) electrons. The van der Waals surface area contributed by atoms with Gasteiger partial charge < -0.3 is 53.2 Å². The Labute approximate surface area is 568 Å². The van der Waals surface area contributed by atoms with Gasteiger partial charge in [-0.25, -0.2) is 0 Å². The summed E-state index contributed by atoms with van der Waals surface area (Å²) >= 11 is 0. The first-order valence-electron chi connectivity index (χ1n) is 34.1. The number of carbonyl (C=O) groups is 8. The number of aromatic nitrogens is 5. The number of carbonyl (C=O) groups excluding carboxylic acids is 8. The highest BCUT2D eigenvalue weighted by Gasteiger charge is 2.42. The number of nitrogens with two attached hydrogens (primary N) is 2. The zero-order valence-electron chi connectivity index (χ0n) is 55.4. The molecule has 5 heterocycles. The van der Waals surface area contributed by atoms with Crippen LogP contribution in [0.15, 0.2) is 152 Å². The Kier molecular flexibility index (Phi) is 22.8. The minimum Gasteiger partial charge on any atom is -0.354 e. The number of amides is 8. The topological polar surface area (TPSA) is 324 Å². The molecule has 0 unspecified atom stereocenters. The highest BCUT2D eigenvalue weighted by molar-refractivity contribution is 6.06. The first-order valence-corrected chi connectivity index (χ1v) is 34.1. The summed E-state index contributed by atoms with van der Waals surface area (Å²) in [5, 5.41) is 32.1. The predicted molar refractivity (Wildman–Crippen MR) is 375 cm³/mol. The summed E-state index contributed by atoms with van der Waals surface area (Å²) in [5.74, 6) is -4.03. The van der Waals surface area contributed by atoms with Crippen molar-refractivity contribution >= 4 is 90.6 Å². The van der Waals surface area contributed by atoms with Crippen LogP contribution in [-0.2, 0) is 67.4 Å². The van der Waals surface area contributed by atoms with E-state index in [1.165, 1.54) is 14.5 Å². The molecule has 0 spiro atoms. The van der Waals surface area contributed by atoms with E-state index in [0.29, 0.717) is 100.0 Å². The van der Waals surface area contributed by atoms with E-state index in [9.17, 15) is 28.8 Å². The minimum atomic E-state index is -1.31. The van der Waals surface area contributed by atoms with E-state index >= 15 is 9.59 Å². The Bertz CT molecular complexity index is 4380. The van der Waals surface area contributed by atoms with Crippen LogP contribution >= 0.6 is 0 Å². The summed E-state index contributed by atoms with van der Waals surface area (Å²) in [6.45, 7) is 5.53. The Balaban J connectivity index is 0.876. The molecule has 2 fully saturated rings. The Morgan fingerprint density at radius 3 is 1.38 bits per heavy atom. The second-order valence-electron chi connectivity index (χ2n) is 25.2. The van der Waals surface area contributed by atoms with Gasteiger partial charge in [0, 0.05) is 69.0 Å². The van der Waals surface area contributed by atoms with Crippen LogP contribution in [0.5, 0.6) is 0 Å². The average molecular weight is 1320 g/mol. The molecule has 0 aliphatic carbocycles. The van der Waals surface area contributed by atoms with Crippen molar-refractivity contribution < 1.29 is 38.4 Å². The number of hydrogen-bond donors (Lipinski definition) is 8. The van der Waals surface area contributed by atoms with Gasteiger partial charge in [-0.3, -0.25) is 53.0 Å². The first-order chi connectivity index (χ1) is 47.7. The molecule has 98 heavy (non-hydrogen) atoms. The summed E-state index contributed by atoms with van der Waals surface area (Å²) in [6, 6.07) is 39.4. The standard InChI is InChI=1S/C75H85N15O8/c1-3-58-56(41-53-39-49-23-11-13-25-51(49)43-61(53)80-58)68(91)82-60(74(97)89-34-15-27-66(89)72(95)83-63(70(93)78-32-17-30-76)37-47-19-7-5-8-20-47)29-36-88-46-55(86-87-88)45-65(85-69(92)57-42-54-40-50-24-12-14-26-52(50)44-62(54)81-59(57)4-2)75(98)90-35-16-28-67(90)73(96)84-64(71(94)79-33-18-31-77)38-48-21-9-6-10-22-48/h5-14,19-26,39-44,46,60,63-67H,3-4,15-18,27-38,45,76-77H2,1-2H3,(H,78,93)(H,79,94)(H,82,91)(H,83,95)(H,84,96)(H,85,92)/t60-,63-,64-,65-,66-,67-/m0/s1. The summed E-state index contributed by atoms with van der Waals surface area (Å²) in [5.41, 5.74) is 16.4. The van der Waals surface area contributed by atoms with Gasteiger partial charge in [0.2, 0.25) is 35.4 Å². The number of fused-ring (bicyclic) bond motifs is 4. The van der Waals surface area contributed by atoms with Crippen molar-refractivity contribution in [2.75, 3.05) is 39.3 Å². The second-order valence-corrected chi connectivity index (χ2v) is 25.2. The van der Waals surface area contributed by atoms with Crippen molar-refractivity contribution in [3.63, 3.8) is 0 Å². The van der Waals surface area contributed by atoms with Gasteiger partial charge in [0.05, 0.1) is 39.2 Å². The van der Waals surface area contributed by atoms with Gasteiger partial charge in [-0.05, 0) is 140 Å². The van der Waals surface area contributed by atoms with Crippen molar-refractivity contribution in [3.05, 3.63) is 191 Å². The molecular weight excluding hydrogens is 1240 g/mol. The summed E-state index contributed by atoms with van der Waals surface area (Å²) in [7, 11) is 0. The maximum Gasteiger partial charge on any atom is 0.253 e. The van der Waals surface area contributed by atoms with Crippen LogP contribution < -0.4 is 43.4 Å². The number of hydrogen-bond acceptors (Lipinski definition) is 14. The zero-order valence-corrected chi connectivity index (χ0v) is 55.4. The molecule has 3 aromatic heterocycles. The highest BCUT2D eigenvalue weighted by atomic mass is 16.2. The lowest BCUT2D eigenvalue weighted by Crippen LogP contribution is -2.57. The number of benzene rings is 6. The van der Waals surface area contributed by atoms with Gasteiger partial charge in [0.25, 0.3) is 11.8 Å². The largest absolute Gasteiger partial charge is 0.354 e. The van der Waals surface area contributed by atoms with Crippen LogP contribution in [0.25, 0.3) is 43.4 Å². The van der Waals surface area contributed by atoms with Gasteiger partial charge in [0.1, 0.15) is 36.3 Å². The normalized spacial score (nSPS) is 15.8. The molecule has 23 heteroatoms. The second kappa shape index (κ2) is 32.5. The molecule has 8 amide bonds. The third-order valence-corrected chi connectivity index (χ3v) is 18.4. The Hall–Kier alpha value is -10.5.